The van der Waals surface area contributed by atoms with Gasteiger partial charge in [-0.05, 0) is 42.7 Å². The Kier molecular flexibility index (Phi) is 4.95. The van der Waals surface area contributed by atoms with Crippen molar-refractivity contribution in [3.8, 4) is 11.1 Å². The van der Waals surface area contributed by atoms with Crippen LogP contribution in [0, 0.1) is 0 Å². The number of likely N-dealkylation sites (tertiary alicyclic amines) is 1. The van der Waals surface area contributed by atoms with Gasteiger partial charge in [0, 0.05) is 29.4 Å². The van der Waals surface area contributed by atoms with E-state index in [9.17, 15) is 9.59 Å². The summed E-state index contributed by atoms with van der Waals surface area (Å²) >= 11 is 0. The van der Waals surface area contributed by atoms with Gasteiger partial charge in [0.05, 0.1) is 11.7 Å². The normalized spacial score (nSPS) is 16.0. The summed E-state index contributed by atoms with van der Waals surface area (Å²) in [5.41, 5.74) is 14.5. The highest BCUT2D eigenvalue weighted by Gasteiger charge is 2.33. The lowest BCUT2D eigenvalue weighted by Gasteiger charge is -2.26. The summed E-state index contributed by atoms with van der Waals surface area (Å²) in [6.07, 6.45) is 3.28. The number of aromatic nitrogens is 2. The van der Waals surface area contributed by atoms with Gasteiger partial charge in [0.2, 0.25) is 11.9 Å². The van der Waals surface area contributed by atoms with Gasteiger partial charge in [-0.3, -0.25) is 9.59 Å². The maximum absolute atomic E-state index is 13.1. The molecule has 7 heteroatoms. The van der Waals surface area contributed by atoms with E-state index in [4.69, 9.17) is 11.5 Å². The monoisotopic (exact) mass is 387 g/mol. The molecule has 1 aromatic heterocycles. The van der Waals surface area contributed by atoms with Gasteiger partial charge in [-0.2, -0.15) is 0 Å². The summed E-state index contributed by atoms with van der Waals surface area (Å²) < 4.78 is 0. The Bertz CT molecular complexity index is 1070. The second kappa shape index (κ2) is 7.71. The molecule has 0 unspecified atom stereocenters. The number of rotatable bonds is 4. The number of anilines is 1. The Morgan fingerprint density at radius 2 is 1.79 bits per heavy atom. The first kappa shape index (κ1) is 18.6. The fraction of sp³-hybridized carbons (Fsp3) is 0.182. The van der Waals surface area contributed by atoms with Crippen molar-refractivity contribution >= 4 is 17.8 Å². The number of hydrogen-bond acceptors (Lipinski definition) is 5. The van der Waals surface area contributed by atoms with Gasteiger partial charge < -0.3 is 16.4 Å². The van der Waals surface area contributed by atoms with Crippen molar-refractivity contribution < 1.29 is 9.59 Å². The van der Waals surface area contributed by atoms with E-state index in [0.29, 0.717) is 23.4 Å². The smallest absolute Gasteiger partial charge is 0.254 e. The van der Waals surface area contributed by atoms with Crippen molar-refractivity contribution in [2.24, 2.45) is 5.73 Å². The Morgan fingerprint density at radius 1 is 1.03 bits per heavy atom. The summed E-state index contributed by atoms with van der Waals surface area (Å²) in [7, 11) is 0. The molecule has 0 aliphatic carbocycles. The third kappa shape index (κ3) is 3.67. The molecule has 1 fully saturated rings. The minimum atomic E-state index is -0.508. The zero-order valence-corrected chi connectivity index (χ0v) is 15.8. The molecule has 2 aromatic carbocycles. The van der Waals surface area contributed by atoms with Crippen LogP contribution < -0.4 is 11.5 Å². The van der Waals surface area contributed by atoms with Gasteiger partial charge >= 0.3 is 0 Å². The molecule has 0 radical (unpaired) electrons. The highest BCUT2D eigenvalue weighted by Crippen LogP contribution is 2.37. The van der Waals surface area contributed by atoms with Crippen LogP contribution in [0.5, 0.6) is 0 Å². The van der Waals surface area contributed by atoms with E-state index in [1.54, 1.807) is 24.4 Å². The summed E-state index contributed by atoms with van der Waals surface area (Å²) in [4.78, 5) is 35.2. The molecule has 146 valence electrons. The zero-order chi connectivity index (χ0) is 20.4. The maximum atomic E-state index is 13.1. The van der Waals surface area contributed by atoms with Crippen molar-refractivity contribution in [3.63, 3.8) is 0 Å². The van der Waals surface area contributed by atoms with Gasteiger partial charge in [0.1, 0.15) is 0 Å². The minimum Gasteiger partial charge on any atom is -0.368 e. The van der Waals surface area contributed by atoms with Crippen LogP contribution in [-0.4, -0.2) is 33.2 Å². The highest BCUT2D eigenvalue weighted by atomic mass is 16.2. The number of nitrogens with two attached hydrogens (primary N) is 2. The van der Waals surface area contributed by atoms with Gasteiger partial charge in [0.15, 0.2) is 0 Å². The van der Waals surface area contributed by atoms with E-state index in [0.717, 1.165) is 24.0 Å². The zero-order valence-electron chi connectivity index (χ0n) is 15.8. The molecule has 2 amide bonds. The number of carbonyl (C=O) groups excluding carboxylic acids is 2. The van der Waals surface area contributed by atoms with Crippen LogP contribution >= 0.6 is 0 Å². The maximum Gasteiger partial charge on any atom is 0.254 e. The van der Waals surface area contributed by atoms with E-state index in [2.05, 4.69) is 9.97 Å². The third-order valence-electron chi connectivity index (χ3n) is 5.15. The number of carbonyl (C=O) groups is 2. The number of nitrogens with zero attached hydrogens (tertiary/aromatic N) is 3. The summed E-state index contributed by atoms with van der Waals surface area (Å²) in [5.74, 6) is -0.401. The van der Waals surface area contributed by atoms with Gasteiger partial charge in [-0.15, -0.1) is 0 Å². The van der Waals surface area contributed by atoms with Crippen LogP contribution in [0.25, 0.3) is 11.1 Å². The average Bonchev–Trinajstić information content (AvgIpc) is 3.23. The van der Waals surface area contributed by atoms with Crippen LogP contribution in [0.2, 0.25) is 0 Å². The Morgan fingerprint density at radius 3 is 2.55 bits per heavy atom. The number of benzene rings is 2. The lowest BCUT2D eigenvalue weighted by molar-refractivity contribution is 0.0733. The summed E-state index contributed by atoms with van der Waals surface area (Å²) in [6.45, 7) is 0.642. The number of hydrogen-bond donors (Lipinski definition) is 2. The molecule has 4 rings (SSSR count). The largest absolute Gasteiger partial charge is 0.368 e. The molecule has 1 aliphatic heterocycles. The highest BCUT2D eigenvalue weighted by molar-refractivity contribution is 5.95. The lowest BCUT2D eigenvalue weighted by Crippen LogP contribution is -2.31. The standard InChI is InChI=1S/C22H21N5O2/c23-20(28)16-9-4-8-15(12-16)17-13-25-22(24)26-19(17)18-10-5-11-27(18)21(29)14-6-2-1-3-7-14/h1-4,6-9,12-13,18H,5,10-11H2,(H2,23,28)(H2,24,25,26)/t18-/m0/s1. The predicted octanol–water partition coefficient (Wildman–Crippen LogP) is 2.80. The van der Waals surface area contributed by atoms with Crippen LogP contribution in [0.3, 0.4) is 0 Å². The van der Waals surface area contributed by atoms with E-state index >= 15 is 0 Å². The second-order valence-corrected chi connectivity index (χ2v) is 6.99. The quantitative estimate of drug-likeness (QED) is 0.714. The lowest BCUT2D eigenvalue weighted by atomic mass is 9.98. The van der Waals surface area contributed by atoms with E-state index in [1.807, 2.05) is 41.3 Å². The second-order valence-electron chi connectivity index (χ2n) is 6.99. The molecule has 1 saturated heterocycles. The van der Waals surface area contributed by atoms with Gasteiger partial charge in [-0.25, -0.2) is 9.97 Å². The molecule has 0 bridgehead atoms. The Hall–Kier alpha value is -3.74. The average molecular weight is 387 g/mol. The van der Waals surface area contributed by atoms with Crippen LogP contribution in [0.15, 0.2) is 60.8 Å². The first-order valence-corrected chi connectivity index (χ1v) is 9.43. The van der Waals surface area contributed by atoms with E-state index < -0.39 is 5.91 Å². The molecule has 7 nitrogen and oxygen atoms in total. The van der Waals surface area contributed by atoms with E-state index in [1.165, 1.54) is 0 Å². The SMILES string of the molecule is NC(=O)c1cccc(-c2cnc(N)nc2[C@@H]2CCCN2C(=O)c2ccccc2)c1. The summed E-state index contributed by atoms with van der Waals surface area (Å²) in [6, 6.07) is 16.0. The molecule has 3 aromatic rings. The molecule has 4 N–H and O–H groups in total. The molecule has 1 aliphatic rings. The van der Waals surface area contributed by atoms with Crippen LogP contribution in [0.4, 0.5) is 5.95 Å². The van der Waals surface area contributed by atoms with Gasteiger partial charge in [0.25, 0.3) is 5.91 Å². The first-order valence-electron chi connectivity index (χ1n) is 9.43. The fourth-order valence-corrected chi connectivity index (χ4v) is 3.77. The predicted molar refractivity (Wildman–Crippen MR) is 110 cm³/mol. The molecule has 29 heavy (non-hydrogen) atoms. The van der Waals surface area contributed by atoms with Crippen molar-refractivity contribution in [1.82, 2.24) is 14.9 Å². The topological polar surface area (TPSA) is 115 Å². The Labute approximate surface area is 168 Å². The van der Waals surface area contributed by atoms with Crippen molar-refractivity contribution in [1.29, 1.82) is 0 Å². The molecule has 0 spiro atoms. The number of primary amides is 1. The van der Waals surface area contributed by atoms with Crippen molar-refractivity contribution in [2.45, 2.75) is 18.9 Å². The number of nitrogen functional groups attached to an aromatic ring is 1. The molecular formula is C22H21N5O2. The third-order valence-corrected chi connectivity index (χ3v) is 5.15. The minimum absolute atomic E-state index is 0.0397. The van der Waals surface area contributed by atoms with Crippen LogP contribution in [0.1, 0.15) is 45.3 Å². The molecular weight excluding hydrogens is 366 g/mol. The molecule has 1 atom stereocenters. The molecule has 2 heterocycles. The van der Waals surface area contributed by atoms with Gasteiger partial charge in [-0.1, -0.05) is 30.3 Å². The van der Waals surface area contributed by atoms with Crippen molar-refractivity contribution in [2.75, 3.05) is 12.3 Å². The van der Waals surface area contributed by atoms with Crippen LogP contribution in [-0.2, 0) is 0 Å². The van der Waals surface area contributed by atoms with E-state index in [-0.39, 0.29) is 17.9 Å². The summed E-state index contributed by atoms with van der Waals surface area (Å²) in [5, 5.41) is 0. The Balaban J connectivity index is 1.76. The molecule has 0 saturated carbocycles. The first-order chi connectivity index (χ1) is 14.0. The van der Waals surface area contributed by atoms with Crippen molar-refractivity contribution in [3.05, 3.63) is 77.6 Å². The number of amides is 2. The fourth-order valence-electron chi connectivity index (χ4n) is 3.77.